The molecule has 12 heteroatoms. The predicted octanol–water partition coefficient (Wildman–Crippen LogP) is 28.2. The zero-order valence-electron chi connectivity index (χ0n) is 61.8. The van der Waals surface area contributed by atoms with Gasteiger partial charge in [0.15, 0.2) is 0 Å². The molecule has 0 saturated carbocycles. The lowest BCUT2D eigenvalue weighted by Gasteiger charge is -2.27. The van der Waals surface area contributed by atoms with Gasteiger partial charge in [-0.3, -0.25) is 9.59 Å². The average Bonchev–Trinajstić information content (AvgIpc) is 1.40. The first-order valence-corrected chi connectivity index (χ1v) is 40.7. The molecule has 6 heterocycles. The zero-order valence-corrected chi connectivity index (χ0v) is 65.1. The average molecular weight is 1520 g/mol. The molecule has 0 spiro atoms. The molecule has 0 saturated heterocycles. The van der Waals surface area contributed by atoms with Gasteiger partial charge in [0.25, 0.3) is 11.8 Å². The predicted molar refractivity (Wildman–Crippen MR) is 468 cm³/mol. The van der Waals surface area contributed by atoms with Gasteiger partial charge < -0.3 is 9.47 Å². The van der Waals surface area contributed by atoms with E-state index in [1.54, 1.807) is 64.2 Å². The van der Waals surface area contributed by atoms with Crippen LogP contribution in [0.2, 0.25) is 0 Å². The van der Waals surface area contributed by atoms with Gasteiger partial charge in [-0.05, 0) is 268 Å². The van der Waals surface area contributed by atoms with Crippen molar-refractivity contribution >= 4 is 167 Å². The van der Waals surface area contributed by atoms with Gasteiger partial charge in [-0.1, -0.05) is 218 Å². The topological polar surface area (TPSA) is 93.2 Å². The van der Waals surface area contributed by atoms with Gasteiger partial charge in [-0.25, -0.2) is 19.4 Å². The van der Waals surface area contributed by atoms with Crippen LogP contribution in [0.25, 0.3) is 182 Å². The smallest absolute Gasteiger partial charge is 0.422 e. The summed E-state index contributed by atoms with van der Waals surface area (Å²) in [5.74, 6) is -1.58. The number of carbonyl (C=O) groups excluding carboxylic acids is 4. The van der Waals surface area contributed by atoms with Crippen LogP contribution in [0.4, 0.5) is 9.59 Å². The van der Waals surface area contributed by atoms with Crippen molar-refractivity contribution in [3.8, 4) is 84.9 Å². The fraction of sp³-hybridized carbons (Fsp3) is 0.0800. The largest absolute Gasteiger partial charge is 0.443 e. The molecule has 0 bridgehead atoms. The molecule has 18 aromatic rings. The molecular formula is C100H68N2O6S4. The maximum absolute atomic E-state index is 15.7. The van der Waals surface area contributed by atoms with Crippen molar-refractivity contribution in [3.63, 3.8) is 0 Å². The summed E-state index contributed by atoms with van der Waals surface area (Å²) in [6.45, 7) is 10.4. The van der Waals surface area contributed by atoms with Crippen LogP contribution in [0.3, 0.4) is 0 Å². The monoisotopic (exact) mass is 1520 g/mol. The Labute approximate surface area is 662 Å². The second-order valence-corrected chi connectivity index (χ2v) is 35.0. The van der Waals surface area contributed by atoms with E-state index in [0.717, 1.165) is 127 Å². The molecule has 112 heavy (non-hydrogen) atoms. The molecule has 0 fully saturated rings. The van der Waals surface area contributed by atoms with Crippen molar-refractivity contribution in [3.05, 3.63) is 324 Å². The minimum atomic E-state index is -1.03. The Hall–Kier alpha value is -12.7. The Bertz CT molecular complexity index is 6740. The number of hydrogen-bond acceptors (Lipinski definition) is 10. The number of hydrogen-bond donors (Lipinski definition) is 0. The third kappa shape index (κ3) is 11.7. The lowest BCUT2D eigenvalue weighted by Crippen LogP contribution is -2.40. The van der Waals surface area contributed by atoms with Gasteiger partial charge in [-0.15, -0.1) is 45.3 Å². The standard InChI is InChI=1S/C100H68N2O6S4/c1-99(2,3)107-97(105)101-93(85-49-47-83(111-85)81-45-43-79(109-81)65-39-41-75-77(55-65)89(69-37-33-59-21-9-13-25-63(59)53-69)73-29-17-15-27-71(73)87(75)67-35-31-57-19-7-11-23-61(57)51-67)91-92(95(101)103)94(102(96(91)104)98(106)108-100(4,5)6)86-50-48-84(112-86)82-46-44-80(110-82)66-40-42-76-78(56-66)90(70-38-34-60-22-10-14-26-64(60)54-70)74-30-18-16-28-72(74)88(76)68-36-32-58-20-8-12-24-62(58)52-68/h7-56H,1-6H3. The minimum absolute atomic E-state index is 0.0391. The van der Waals surface area contributed by atoms with E-state index in [1.807, 2.05) is 24.3 Å². The van der Waals surface area contributed by atoms with Gasteiger partial charge in [-0.2, -0.15) is 0 Å². The van der Waals surface area contributed by atoms with E-state index >= 15 is 9.59 Å². The highest BCUT2D eigenvalue weighted by atomic mass is 32.1. The number of nitrogens with zero attached hydrogens (tertiary/aromatic N) is 2. The Morgan fingerprint density at radius 3 is 0.795 bits per heavy atom. The number of ether oxygens (including phenoxy) is 2. The van der Waals surface area contributed by atoms with E-state index < -0.39 is 35.2 Å². The SMILES string of the molecule is CC(C)(C)OC(=O)N1C(=O)C2=C(c3ccc(-c4ccc(-c5ccc6c(-c7ccc8ccccc8c7)c7ccccc7c(-c7ccc8ccccc8c7)c6c5)s4)s3)N(C(=O)OC(C)(C)C)C(=O)C2=C1c1ccc(-c2ccc(-c3ccc4c(-c5ccc6ccccc6c5)c5ccccc5c(-c5ccc6ccccc6c5)c4c3)s2)s1. The summed E-state index contributed by atoms with van der Waals surface area (Å²) in [5.41, 5.74) is 9.11. The molecule has 0 N–H and O–H groups in total. The van der Waals surface area contributed by atoms with E-state index in [1.165, 1.54) is 76.9 Å². The van der Waals surface area contributed by atoms with Gasteiger partial charge >= 0.3 is 12.2 Å². The van der Waals surface area contributed by atoms with E-state index in [-0.39, 0.29) is 22.5 Å². The van der Waals surface area contributed by atoms with Gasteiger partial charge in [0, 0.05) is 29.3 Å². The van der Waals surface area contributed by atoms with Crippen molar-refractivity contribution in [2.75, 3.05) is 0 Å². The van der Waals surface area contributed by atoms with Crippen molar-refractivity contribution < 1.29 is 28.7 Å². The van der Waals surface area contributed by atoms with Crippen LogP contribution >= 0.6 is 45.3 Å². The van der Waals surface area contributed by atoms with Crippen molar-refractivity contribution in [2.24, 2.45) is 0 Å². The summed E-state index contributed by atoms with van der Waals surface area (Å²) >= 11 is 5.98. The first-order valence-electron chi connectivity index (χ1n) is 37.4. The van der Waals surface area contributed by atoms with Gasteiger partial charge in [0.1, 0.15) is 11.2 Å². The molecule has 538 valence electrons. The Morgan fingerprint density at radius 2 is 0.491 bits per heavy atom. The summed E-state index contributed by atoms with van der Waals surface area (Å²) < 4.78 is 12.1. The molecule has 14 aromatic carbocycles. The van der Waals surface area contributed by atoms with Crippen LogP contribution in [-0.4, -0.2) is 45.0 Å². The second kappa shape index (κ2) is 26.5. The van der Waals surface area contributed by atoms with Crippen molar-refractivity contribution in [1.82, 2.24) is 9.80 Å². The molecule has 0 atom stereocenters. The van der Waals surface area contributed by atoms with E-state index in [2.05, 4.69) is 279 Å². The molecule has 4 aromatic heterocycles. The Balaban J connectivity index is 0.687. The van der Waals surface area contributed by atoms with Gasteiger partial charge in [0.05, 0.1) is 32.3 Å². The van der Waals surface area contributed by atoms with Crippen LogP contribution in [0, 0.1) is 0 Å². The minimum Gasteiger partial charge on any atom is -0.443 e. The van der Waals surface area contributed by atoms with Crippen LogP contribution < -0.4 is 0 Å². The van der Waals surface area contributed by atoms with Crippen LogP contribution in [0.5, 0.6) is 0 Å². The summed E-state index contributed by atoms with van der Waals surface area (Å²) in [6, 6.07) is 108. The summed E-state index contributed by atoms with van der Waals surface area (Å²) in [5, 5.41) is 18.6. The summed E-state index contributed by atoms with van der Waals surface area (Å²) in [6.07, 6.45) is -1.90. The third-order valence-corrected chi connectivity index (χ3v) is 26.1. The zero-order chi connectivity index (χ0) is 76.0. The maximum Gasteiger partial charge on any atom is 0.422 e. The number of imide groups is 2. The molecule has 8 nitrogen and oxygen atoms in total. The van der Waals surface area contributed by atoms with Crippen LogP contribution in [0.1, 0.15) is 51.3 Å². The molecule has 0 aliphatic carbocycles. The van der Waals surface area contributed by atoms with Crippen LogP contribution in [0.15, 0.2) is 314 Å². The summed E-state index contributed by atoms with van der Waals surface area (Å²) in [4.78, 5) is 69.8. The first kappa shape index (κ1) is 68.6. The Kier molecular flexibility index (Phi) is 16.3. The maximum atomic E-state index is 15.7. The third-order valence-electron chi connectivity index (χ3n) is 21.3. The highest BCUT2D eigenvalue weighted by molar-refractivity contribution is 7.25. The molecule has 2 aliphatic heterocycles. The first-order chi connectivity index (χ1) is 54.4. The lowest BCUT2D eigenvalue weighted by atomic mass is 9.84. The molecular weight excluding hydrogens is 1450 g/mol. The van der Waals surface area contributed by atoms with Crippen molar-refractivity contribution in [1.29, 1.82) is 0 Å². The molecule has 0 unspecified atom stereocenters. The number of benzene rings is 14. The molecule has 20 rings (SSSR count). The number of thiophene rings is 4. The fourth-order valence-electron chi connectivity index (χ4n) is 16.5. The molecule has 0 radical (unpaired) electrons. The number of rotatable bonds is 10. The van der Waals surface area contributed by atoms with Crippen LogP contribution in [-0.2, 0) is 19.1 Å². The van der Waals surface area contributed by atoms with Gasteiger partial charge in [0.2, 0.25) is 0 Å². The number of amides is 4. The quantitative estimate of drug-likeness (QED) is 0.127. The number of carbonyl (C=O) groups is 4. The fourth-order valence-corrected chi connectivity index (χ4v) is 20.7. The van der Waals surface area contributed by atoms with E-state index in [0.29, 0.717) is 9.75 Å². The lowest BCUT2D eigenvalue weighted by molar-refractivity contribution is -0.123. The molecule has 2 aliphatic rings. The van der Waals surface area contributed by atoms with E-state index in [9.17, 15) is 9.59 Å². The summed E-state index contributed by atoms with van der Waals surface area (Å²) in [7, 11) is 0. The van der Waals surface area contributed by atoms with E-state index in [4.69, 9.17) is 9.47 Å². The second-order valence-electron chi connectivity index (χ2n) is 30.7. The highest BCUT2D eigenvalue weighted by Crippen LogP contribution is 2.54. The van der Waals surface area contributed by atoms with Crippen molar-refractivity contribution in [2.45, 2.75) is 52.7 Å². The number of fused-ring (bicyclic) bond motifs is 9. The highest BCUT2D eigenvalue weighted by Gasteiger charge is 2.55. The normalized spacial score (nSPS) is 13.4. The Morgan fingerprint density at radius 1 is 0.250 bits per heavy atom. The molecule has 4 amide bonds.